The molecule has 5 aromatic rings. The molecule has 4 N–H and O–H groups in total. The number of alkyl halides is 2. The number of amides is 4. The van der Waals surface area contributed by atoms with Gasteiger partial charge in [-0.15, -0.1) is 23.2 Å². The van der Waals surface area contributed by atoms with Crippen molar-refractivity contribution in [2.75, 3.05) is 21.3 Å². The summed E-state index contributed by atoms with van der Waals surface area (Å²) in [6.07, 6.45) is 0. The number of carbonyl (C=O) groups excluding carboxylic acids is 6. The number of hydrogen-bond acceptors (Lipinski definition) is 10. The zero-order valence-corrected chi connectivity index (χ0v) is 38.3. The third kappa shape index (κ3) is 12.4. The SMILES string of the molecule is CC(=O)C(N=Nc1cc(C(=O)Nc2ccccc2C(C)Cl)ccc1Cl)C(=O)Nc1cc(C)c(NC(=O)C(N=Nc2cc(C(=O)Nc3ccccc3C(C)Cl)ccc2Cl)C(C)=O)c(C)c1. The van der Waals surface area contributed by atoms with E-state index in [4.69, 9.17) is 46.4 Å². The maximum absolute atomic E-state index is 13.5. The van der Waals surface area contributed by atoms with Crippen molar-refractivity contribution >= 4 is 116 Å². The predicted molar refractivity (Wildman–Crippen MR) is 251 cm³/mol. The fraction of sp³-hybridized carbons (Fsp3) is 0.217. The van der Waals surface area contributed by atoms with Gasteiger partial charge in [-0.2, -0.15) is 20.5 Å². The minimum Gasteiger partial charge on any atom is -0.324 e. The maximum Gasteiger partial charge on any atom is 0.258 e. The van der Waals surface area contributed by atoms with E-state index in [0.29, 0.717) is 28.2 Å². The second-order valence-corrected chi connectivity index (χ2v) is 16.7. The minimum absolute atomic E-state index is 0.0432. The monoisotopic (exact) mass is 942 g/mol. The van der Waals surface area contributed by atoms with Gasteiger partial charge in [-0.25, -0.2) is 0 Å². The lowest BCUT2D eigenvalue weighted by atomic mass is 10.1. The van der Waals surface area contributed by atoms with E-state index in [0.717, 1.165) is 11.1 Å². The summed E-state index contributed by atoms with van der Waals surface area (Å²) >= 11 is 25.3. The number of halogens is 4. The number of para-hydroxylation sites is 2. The molecular formula is C46H42Cl4N8O6. The van der Waals surface area contributed by atoms with Crippen LogP contribution in [0.2, 0.25) is 10.0 Å². The molecule has 0 aliphatic heterocycles. The number of rotatable bonds is 16. The Hall–Kier alpha value is -6.32. The molecule has 4 amide bonds. The average Bonchev–Trinajstić information content (AvgIpc) is 3.23. The topological polar surface area (TPSA) is 200 Å². The number of hydrogen-bond donors (Lipinski definition) is 4. The van der Waals surface area contributed by atoms with Gasteiger partial charge in [-0.1, -0.05) is 59.6 Å². The van der Waals surface area contributed by atoms with Crippen molar-refractivity contribution in [2.45, 2.75) is 64.4 Å². The summed E-state index contributed by atoms with van der Waals surface area (Å²) in [5, 5.41) is 26.6. The Bertz CT molecular complexity index is 2680. The van der Waals surface area contributed by atoms with E-state index >= 15 is 0 Å². The lowest BCUT2D eigenvalue weighted by molar-refractivity contribution is -0.127. The number of anilines is 4. The van der Waals surface area contributed by atoms with Gasteiger partial charge in [0.05, 0.1) is 20.8 Å². The molecule has 0 heterocycles. The summed E-state index contributed by atoms with van der Waals surface area (Å²) in [5.74, 6) is -3.81. The number of azo groups is 2. The van der Waals surface area contributed by atoms with Crippen molar-refractivity contribution < 1.29 is 28.8 Å². The molecule has 4 atom stereocenters. The van der Waals surface area contributed by atoms with Gasteiger partial charge in [-0.05, 0) is 124 Å². The molecular weight excluding hydrogens is 902 g/mol. The van der Waals surface area contributed by atoms with E-state index in [2.05, 4.69) is 41.7 Å². The van der Waals surface area contributed by atoms with E-state index in [1.165, 1.54) is 50.2 Å². The van der Waals surface area contributed by atoms with Gasteiger partial charge < -0.3 is 21.3 Å². The minimum atomic E-state index is -1.59. The first-order valence-corrected chi connectivity index (χ1v) is 21.2. The lowest BCUT2D eigenvalue weighted by Crippen LogP contribution is -2.33. The van der Waals surface area contributed by atoms with Gasteiger partial charge in [0.2, 0.25) is 12.1 Å². The Labute approximate surface area is 389 Å². The highest BCUT2D eigenvalue weighted by Gasteiger charge is 2.27. The number of benzene rings is 5. The Balaban J connectivity index is 1.27. The van der Waals surface area contributed by atoms with Crippen LogP contribution in [0, 0.1) is 13.8 Å². The molecule has 0 bridgehead atoms. The second-order valence-electron chi connectivity index (χ2n) is 14.6. The van der Waals surface area contributed by atoms with Crippen LogP contribution in [0.4, 0.5) is 34.1 Å². The average molecular weight is 945 g/mol. The number of nitrogens with one attached hydrogen (secondary N) is 4. The molecule has 0 spiro atoms. The smallest absolute Gasteiger partial charge is 0.258 e. The normalized spacial score (nSPS) is 13.2. The van der Waals surface area contributed by atoms with E-state index in [1.54, 1.807) is 76.2 Å². The van der Waals surface area contributed by atoms with Crippen LogP contribution in [0.1, 0.15) is 81.4 Å². The van der Waals surface area contributed by atoms with Crippen molar-refractivity contribution in [3.63, 3.8) is 0 Å². The molecule has 5 rings (SSSR count). The van der Waals surface area contributed by atoms with Crippen LogP contribution in [0.5, 0.6) is 0 Å². The molecule has 14 nitrogen and oxygen atoms in total. The molecule has 0 fully saturated rings. The molecule has 0 saturated carbocycles. The summed E-state index contributed by atoms with van der Waals surface area (Å²) in [6, 6.07) is 22.7. The summed E-state index contributed by atoms with van der Waals surface area (Å²) in [5.41, 5.74) is 4.53. The Morgan fingerprint density at radius 2 is 0.922 bits per heavy atom. The van der Waals surface area contributed by atoms with Gasteiger partial charge in [0.1, 0.15) is 11.4 Å². The van der Waals surface area contributed by atoms with Crippen LogP contribution in [-0.2, 0) is 19.2 Å². The first-order valence-electron chi connectivity index (χ1n) is 19.6. The van der Waals surface area contributed by atoms with Crippen LogP contribution in [0.25, 0.3) is 0 Å². The Morgan fingerprint density at radius 1 is 0.531 bits per heavy atom. The Kier molecular flexibility index (Phi) is 16.6. The summed E-state index contributed by atoms with van der Waals surface area (Å²) < 4.78 is 0. The third-order valence-electron chi connectivity index (χ3n) is 9.57. The fourth-order valence-corrected chi connectivity index (χ4v) is 6.97. The predicted octanol–water partition coefficient (Wildman–Crippen LogP) is 12.1. The number of Topliss-reactive ketones (excluding diaryl/α,β-unsaturated/α-hetero) is 2. The maximum atomic E-state index is 13.5. The van der Waals surface area contributed by atoms with Crippen LogP contribution in [0.3, 0.4) is 0 Å². The van der Waals surface area contributed by atoms with Gasteiger partial charge >= 0.3 is 0 Å². The van der Waals surface area contributed by atoms with Gasteiger partial charge in [0, 0.05) is 33.9 Å². The zero-order chi connectivity index (χ0) is 46.8. The highest BCUT2D eigenvalue weighted by atomic mass is 35.5. The standard InChI is InChI=1S/C46H42Cl4N8O6/c1-23-19-31(51-45(63)41(27(5)59)57-55-38-21-29(15-17-34(38)49)43(61)52-36-13-9-7-11-32(36)25(3)47)20-24(2)40(23)54-46(64)42(28(6)60)58-56-39-22-30(16-18-35(39)50)44(62)53-37-14-10-8-12-33(37)26(4)48/h7-22,25-26,41-42H,1-6H3,(H,51,63)(H,52,61)(H,53,62)(H,54,64). The Morgan fingerprint density at radius 3 is 1.31 bits per heavy atom. The third-order valence-corrected chi connectivity index (χ3v) is 10.7. The first kappa shape index (κ1) is 48.7. The molecule has 330 valence electrons. The number of ketones is 2. The number of nitrogens with zero attached hydrogens (tertiary/aromatic N) is 4. The molecule has 0 saturated heterocycles. The molecule has 0 aromatic heterocycles. The van der Waals surface area contributed by atoms with E-state index in [1.807, 2.05) is 12.1 Å². The van der Waals surface area contributed by atoms with Crippen molar-refractivity contribution in [3.05, 3.63) is 140 Å². The van der Waals surface area contributed by atoms with Crippen molar-refractivity contribution in [3.8, 4) is 0 Å². The van der Waals surface area contributed by atoms with E-state index < -0.39 is 47.3 Å². The van der Waals surface area contributed by atoms with Gasteiger partial charge in [0.25, 0.3) is 23.6 Å². The van der Waals surface area contributed by atoms with Crippen LogP contribution in [-0.4, -0.2) is 47.3 Å². The summed E-state index contributed by atoms with van der Waals surface area (Å²) in [4.78, 5) is 78.5. The molecule has 4 unspecified atom stereocenters. The molecule has 0 aliphatic carbocycles. The zero-order valence-electron chi connectivity index (χ0n) is 35.3. The van der Waals surface area contributed by atoms with Crippen LogP contribution < -0.4 is 21.3 Å². The van der Waals surface area contributed by atoms with Crippen molar-refractivity contribution in [1.82, 2.24) is 0 Å². The summed E-state index contributed by atoms with van der Waals surface area (Å²) in [6.45, 7) is 9.24. The molecule has 0 radical (unpaired) electrons. The molecule has 18 heteroatoms. The number of carbonyl (C=O) groups is 6. The molecule has 0 aliphatic rings. The van der Waals surface area contributed by atoms with E-state index in [9.17, 15) is 28.8 Å². The van der Waals surface area contributed by atoms with Gasteiger partial charge in [0.15, 0.2) is 11.6 Å². The highest BCUT2D eigenvalue weighted by molar-refractivity contribution is 6.33. The largest absolute Gasteiger partial charge is 0.324 e. The molecule has 64 heavy (non-hydrogen) atoms. The number of aryl methyl sites for hydroxylation is 2. The molecule has 5 aromatic carbocycles. The summed E-state index contributed by atoms with van der Waals surface area (Å²) in [7, 11) is 0. The van der Waals surface area contributed by atoms with Crippen LogP contribution in [0.15, 0.2) is 118 Å². The second kappa shape index (κ2) is 21.8. The van der Waals surface area contributed by atoms with Crippen LogP contribution >= 0.6 is 46.4 Å². The van der Waals surface area contributed by atoms with Crippen molar-refractivity contribution in [1.29, 1.82) is 0 Å². The fourth-order valence-electron chi connectivity index (χ4n) is 6.28. The van der Waals surface area contributed by atoms with E-state index in [-0.39, 0.29) is 49.0 Å². The lowest BCUT2D eigenvalue weighted by Gasteiger charge is -2.17. The first-order chi connectivity index (χ1) is 30.3. The van der Waals surface area contributed by atoms with Gasteiger partial charge in [-0.3, -0.25) is 28.8 Å². The highest BCUT2D eigenvalue weighted by Crippen LogP contribution is 2.32. The van der Waals surface area contributed by atoms with Crippen molar-refractivity contribution in [2.24, 2.45) is 20.5 Å². The quantitative estimate of drug-likeness (QED) is 0.0431.